The monoisotopic (exact) mass is 388 g/mol. The lowest BCUT2D eigenvalue weighted by Gasteiger charge is -2.16. The van der Waals surface area contributed by atoms with Gasteiger partial charge in [-0.3, -0.25) is 0 Å². The molecular formula is C21H21ClO5. The first kappa shape index (κ1) is 19.3. The van der Waals surface area contributed by atoms with E-state index in [9.17, 15) is 9.90 Å². The first-order chi connectivity index (χ1) is 12.9. The molecule has 2 aromatic carbocycles. The maximum absolute atomic E-state index is 11.0. The Bertz CT molecular complexity index is 962. The first-order valence-electron chi connectivity index (χ1n) is 8.75. The van der Waals surface area contributed by atoms with Crippen LogP contribution in [0, 0.1) is 6.92 Å². The predicted molar refractivity (Wildman–Crippen MR) is 103 cm³/mol. The summed E-state index contributed by atoms with van der Waals surface area (Å²) in [4.78, 5) is 11.0. The molecule has 0 amide bonds. The quantitative estimate of drug-likeness (QED) is 0.578. The van der Waals surface area contributed by atoms with Gasteiger partial charge in [0.25, 0.3) is 0 Å². The van der Waals surface area contributed by atoms with Crippen molar-refractivity contribution >= 4 is 28.5 Å². The van der Waals surface area contributed by atoms with Crippen LogP contribution in [0.4, 0.5) is 0 Å². The van der Waals surface area contributed by atoms with E-state index in [1.165, 1.54) is 0 Å². The number of aryl methyl sites for hydroxylation is 2. The standard InChI is InChI=1S/C21H21ClO5/c1-3-7-14-10-15(22)21-17(18(14)25)12(2)19(27-21)20(26-11-16(23)24)13-8-5-4-6-9-13/h4-6,8-10,20,25H,3,7,11H2,1-2H3,(H,23,24). The minimum atomic E-state index is -1.07. The number of rotatable bonds is 7. The second kappa shape index (κ2) is 8.03. The van der Waals surface area contributed by atoms with E-state index in [-0.39, 0.29) is 5.75 Å². The van der Waals surface area contributed by atoms with E-state index in [1.54, 1.807) is 6.07 Å². The van der Waals surface area contributed by atoms with Crippen LogP contribution in [0.2, 0.25) is 5.02 Å². The van der Waals surface area contributed by atoms with Crippen LogP contribution in [0.5, 0.6) is 5.75 Å². The summed E-state index contributed by atoms with van der Waals surface area (Å²) in [5.41, 5.74) is 2.57. The Hall–Kier alpha value is -2.50. The van der Waals surface area contributed by atoms with Gasteiger partial charge in [-0.1, -0.05) is 55.3 Å². The fourth-order valence-corrected chi connectivity index (χ4v) is 3.51. The molecule has 27 heavy (non-hydrogen) atoms. The third-order valence-electron chi connectivity index (χ3n) is 4.48. The fourth-order valence-electron chi connectivity index (χ4n) is 3.25. The third-order valence-corrected chi connectivity index (χ3v) is 4.76. The van der Waals surface area contributed by atoms with E-state index in [2.05, 4.69) is 0 Å². The number of phenols is 1. The number of carboxylic acid groups (broad SMARTS) is 1. The van der Waals surface area contributed by atoms with E-state index in [0.29, 0.717) is 33.7 Å². The van der Waals surface area contributed by atoms with E-state index in [1.807, 2.05) is 44.2 Å². The van der Waals surface area contributed by atoms with Gasteiger partial charge < -0.3 is 19.4 Å². The van der Waals surface area contributed by atoms with Crippen molar-refractivity contribution in [2.45, 2.75) is 32.8 Å². The normalized spacial score (nSPS) is 12.4. The molecule has 0 spiro atoms. The van der Waals surface area contributed by atoms with Gasteiger partial charge in [0.05, 0.1) is 10.4 Å². The molecule has 6 heteroatoms. The van der Waals surface area contributed by atoms with Crippen LogP contribution < -0.4 is 0 Å². The van der Waals surface area contributed by atoms with Crippen LogP contribution >= 0.6 is 11.6 Å². The zero-order valence-electron chi connectivity index (χ0n) is 15.2. The number of furan rings is 1. The van der Waals surface area contributed by atoms with Crippen molar-refractivity contribution < 1.29 is 24.2 Å². The topological polar surface area (TPSA) is 79.9 Å². The number of halogens is 1. The highest BCUT2D eigenvalue weighted by Crippen LogP contribution is 2.43. The summed E-state index contributed by atoms with van der Waals surface area (Å²) in [6.45, 7) is 3.36. The van der Waals surface area contributed by atoms with Crippen molar-refractivity contribution in [3.63, 3.8) is 0 Å². The van der Waals surface area contributed by atoms with Crippen LogP contribution in [0.3, 0.4) is 0 Å². The molecule has 0 saturated heterocycles. The Kier molecular flexibility index (Phi) is 5.73. The van der Waals surface area contributed by atoms with Gasteiger partial charge in [0, 0.05) is 5.56 Å². The fraction of sp³-hybridized carbons (Fsp3) is 0.286. The van der Waals surface area contributed by atoms with Crippen molar-refractivity contribution in [1.82, 2.24) is 0 Å². The highest BCUT2D eigenvalue weighted by Gasteiger charge is 2.27. The molecule has 0 aliphatic carbocycles. The lowest BCUT2D eigenvalue weighted by molar-refractivity contribution is -0.143. The number of aliphatic carboxylic acids is 1. The van der Waals surface area contributed by atoms with Crippen molar-refractivity contribution in [2.24, 2.45) is 0 Å². The number of carboxylic acids is 1. The summed E-state index contributed by atoms with van der Waals surface area (Å²) in [6.07, 6.45) is 0.840. The van der Waals surface area contributed by atoms with Gasteiger partial charge in [-0.15, -0.1) is 0 Å². The smallest absolute Gasteiger partial charge is 0.329 e. The van der Waals surface area contributed by atoms with Crippen molar-refractivity contribution in [1.29, 1.82) is 0 Å². The molecule has 142 valence electrons. The molecule has 1 aromatic heterocycles. The lowest BCUT2D eigenvalue weighted by Crippen LogP contribution is -2.13. The van der Waals surface area contributed by atoms with Gasteiger partial charge in [-0.25, -0.2) is 4.79 Å². The van der Waals surface area contributed by atoms with Crippen LogP contribution in [-0.2, 0) is 16.0 Å². The summed E-state index contributed by atoms with van der Waals surface area (Å²) in [7, 11) is 0. The highest BCUT2D eigenvalue weighted by molar-refractivity contribution is 6.35. The third kappa shape index (κ3) is 3.80. The Balaban J connectivity index is 2.17. The molecule has 0 saturated carbocycles. The first-order valence-corrected chi connectivity index (χ1v) is 9.13. The van der Waals surface area contributed by atoms with E-state index >= 15 is 0 Å². The van der Waals surface area contributed by atoms with Gasteiger partial charge in [0.1, 0.15) is 24.2 Å². The minimum Gasteiger partial charge on any atom is -0.507 e. The van der Waals surface area contributed by atoms with Gasteiger partial charge >= 0.3 is 5.97 Å². The molecule has 3 aromatic rings. The number of ether oxygens (including phenoxy) is 1. The van der Waals surface area contributed by atoms with Gasteiger partial charge in [0.15, 0.2) is 5.58 Å². The molecule has 0 aliphatic heterocycles. The molecule has 5 nitrogen and oxygen atoms in total. The Morgan fingerprint density at radius 3 is 2.63 bits per heavy atom. The van der Waals surface area contributed by atoms with Crippen molar-refractivity contribution in [3.8, 4) is 5.75 Å². The number of aromatic hydroxyl groups is 1. The van der Waals surface area contributed by atoms with Crippen LogP contribution in [0.1, 0.15) is 41.9 Å². The summed E-state index contributed by atoms with van der Waals surface area (Å²) in [5.74, 6) is -0.493. The summed E-state index contributed by atoms with van der Waals surface area (Å²) in [5, 5.41) is 20.7. The molecule has 1 heterocycles. The Labute approximate surface area is 162 Å². The molecular weight excluding hydrogens is 368 g/mol. The van der Waals surface area contributed by atoms with Crippen LogP contribution in [0.25, 0.3) is 11.0 Å². The van der Waals surface area contributed by atoms with E-state index in [0.717, 1.165) is 17.5 Å². The average molecular weight is 389 g/mol. The van der Waals surface area contributed by atoms with Gasteiger partial charge in [-0.2, -0.15) is 0 Å². The number of benzene rings is 2. The second-order valence-corrected chi connectivity index (χ2v) is 6.81. The minimum absolute atomic E-state index is 0.147. The van der Waals surface area contributed by atoms with E-state index in [4.69, 9.17) is 25.9 Å². The Morgan fingerprint density at radius 2 is 2.00 bits per heavy atom. The number of fused-ring (bicyclic) bond motifs is 1. The van der Waals surface area contributed by atoms with E-state index < -0.39 is 18.7 Å². The molecule has 2 N–H and O–H groups in total. The second-order valence-electron chi connectivity index (χ2n) is 6.41. The van der Waals surface area contributed by atoms with Gasteiger partial charge in [-0.05, 0) is 30.5 Å². The lowest BCUT2D eigenvalue weighted by atomic mass is 10.0. The molecule has 0 bridgehead atoms. The number of hydrogen-bond acceptors (Lipinski definition) is 4. The van der Waals surface area contributed by atoms with Crippen LogP contribution in [-0.4, -0.2) is 22.8 Å². The zero-order chi connectivity index (χ0) is 19.6. The molecule has 0 fully saturated rings. The maximum atomic E-state index is 11.0. The molecule has 3 rings (SSSR count). The summed E-state index contributed by atoms with van der Waals surface area (Å²) >= 11 is 6.39. The largest absolute Gasteiger partial charge is 0.507 e. The predicted octanol–water partition coefficient (Wildman–Crippen LogP) is 5.24. The van der Waals surface area contributed by atoms with Crippen molar-refractivity contribution in [3.05, 3.63) is 63.9 Å². The van der Waals surface area contributed by atoms with Crippen LogP contribution in [0.15, 0.2) is 40.8 Å². The molecule has 1 unspecified atom stereocenters. The summed E-state index contributed by atoms with van der Waals surface area (Å²) in [6, 6.07) is 10.9. The Morgan fingerprint density at radius 1 is 1.30 bits per heavy atom. The number of carbonyl (C=O) groups is 1. The summed E-state index contributed by atoms with van der Waals surface area (Å²) < 4.78 is 11.6. The zero-order valence-corrected chi connectivity index (χ0v) is 15.9. The molecule has 0 aliphatic rings. The molecule has 0 radical (unpaired) electrons. The average Bonchev–Trinajstić information content (AvgIpc) is 2.99. The maximum Gasteiger partial charge on any atom is 0.329 e. The highest BCUT2D eigenvalue weighted by atomic mass is 35.5. The number of phenolic OH excluding ortho intramolecular Hbond substituents is 1. The van der Waals surface area contributed by atoms with Crippen molar-refractivity contribution in [2.75, 3.05) is 6.61 Å². The van der Waals surface area contributed by atoms with Gasteiger partial charge in [0.2, 0.25) is 0 Å². The number of hydrogen-bond donors (Lipinski definition) is 2. The molecule has 1 atom stereocenters. The SMILES string of the molecule is CCCc1cc(Cl)c2oc(C(OCC(=O)O)c3ccccc3)c(C)c2c1O.